The van der Waals surface area contributed by atoms with E-state index in [0.29, 0.717) is 11.8 Å². The van der Waals surface area contributed by atoms with Crippen LogP contribution in [0.2, 0.25) is 5.02 Å². The average Bonchev–Trinajstić information content (AvgIpc) is 2.75. The molecule has 0 unspecified atom stereocenters. The quantitative estimate of drug-likeness (QED) is 0.689. The second-order valence-electron chi connectivity index (χ2n) is 8.64. The molecule has 4 rings (SSSR count). The maximum absolute atomic E-state index is 13.0. The zero-order chi connectivity index (χ0) is 20.1. The number of amides is 1. The Labute approximate surface area is 179 Å². The molecule has 2 aliphatic rings. The van der Waals surface area contributed by atoms with Crippen LogP contribution in [0.4, 0.5) is 0 Å². The van der Waals surface area contributed by atoms with Gasteiger partial charge in [-0.05, 0) is 74.4 Å². The van der Waals surface area contributed by atoms with Crippen LogP contribution in [0.15, 0.2) is 54.6 Å². The molecule has 0 radical (unpaired) electrons. The van der Waals surface area contributed by atoms with Gasteiger partial charge in [-0.1, -0.05) is 54.1 Å². The van der Waals surface area contributed by atoms with Crippen LogP contribution in [0.1, 0.15) is 36.8 Å². The number of rotatable bonds is 5. The summed E-state index contributed by atoms with van der Waals surface area (Å²) in [6.45, 7) is 4.77. The lowest BCUT2D eigenvalue weighted by atomic mass is 9.88. The molecule has 2 aromatic carbocycles. The smallest absolute Gasteiger partial charge is 0.225 e. The first-order valence-electron chi connectivity index (χ1n) is 11.0. The number of halogens is 1. The van der Waals surface area contributed by atoms with Crippen LogP contribution in [-0.2, 0) is 17.8 Å². The molecule has 0 atom stereocenters. The molecule has 0 bridgehead atoms. The third kappa shape index (κ3) is 5.61. The van der Waals surface area contributed by atoms with Crippen molar-refractivity contribution in [1.82, 2.24) is 9.80 Å². The minimum atomic E-state index is 0.205. The summed E-state index contributed by atoms with van der Waals surface area (Å²) in [6.07, 6.45) is 5.36. The molecule has 0 aliphatic carbocycles. The number of hydrogen-bond donors (Lipinski definition) is 0. The predicted octanol–water partition coefficient (Wildman–Crippen LogP) is 5.03. The molecular formula is C25H31ClN2O. The molecular weight excluding hydrogens is 380 g/mol. The number of hydrogen-bond acceptors (Lipinski definition) is 2. The van der Waals surface area contributed by atoms with Crippen molar-refractivity contribution in [3.05, 3.63) is 70.7 Å². The molecule has 4 heteroatoms. The highest BCUT2D eigenvalue weighted by molar-refractivity contribution is 6.30. The van der Waals surface area contributed by atoms with E-state index in [2.05, 4.69) is 46.2 Å². The van der Waals surface area contributed by atoms with Crippen LogP contribution in [-0.4, -0.2) is 41.9 Å². The third-order valence-electron chi connectivity index (χ3n) is 6.53. The Bertz CT molecular complexity index is 793. The number of piperidine rings is 2. The molecule has 2 heterocycles. The van der Waals surface area contributed by atoms with E-state index < -0.39 is 0 Å². The van der Waals surface area contributed by atoms with Crippen molar-refractivity contribution in [2.45, 2.75) is 38.6 Å². The van der Waals surface area contributed by atoms with E-state index in [-0.39, 0.29) is 5.92 Å². The molecule has 29 heavy (non-hydrogen) atoms. The van der Waals surface area contributed by atoms with Crippen molar-refractivity contribution < 1.29 is 4.79 Å². The lowest BCUT2D eigenvalue weighted by Gasteiger charge is -2.37. The monoisotopic (exact) mass is 410 g/mol. The van der Waals surface area contributed by atoms with E-state index >= 15 is 0 Å². The van der Waals surface area contributed by atoms with Crippen LogP contribution in [0.3, 0.4) is 0 Å². The Balaban J connectivity index is 1.21. The molecule has 0 spiro atoms. The van der Waals surface area contributed by atoms with E-state index in [4.69, 9.17) is 11.6 Å². The summed E-state index contributed by atoms with van der Waals surface area (Å²) in [5, 5.41) is 0.795. The first-order chi connectivity index (χ1) is 14.2. The van der Waals surface area contributed by atoms with Crippen molar-refractivity contribution in [2.75, 3.05) is 26.2 Å². The first kappa shape index (κ1) is 20.4. The molecule has 2 fully saturated rings. The van der Waals surface area contributed by atoms with Gasteiger partial charge in [-0.15, -0.1) is 0 Å². The topological polar surface area (TPSA) is 23.6 Å². The van der Waals surface area contributed by atoms with Gasteiger partial charge >= 0.3 is 0 Å². The Kier molecular flexibility index (Phi) is 6.89. The van der Waals surface area contributed by atoms with Crippen LogP contribution >= 0.6 is 11.6 Å². The predicted molar refractivity (Wildman–Crippen MR) is 119 cm³/mol. The zero-order valence-corrected chi connectivity index (χ0v) is 17.9. The van der Waals surface area contributed by atoms with Gasteiger partial charge in [-0.2, -0.15) is 0 Å². The Morgan fingerprint density at radius 1 is 0.862 bits per heavy atom. The number of carbonyl (C=O) groups excluding carboxylic acids is 1. The van der Waals surface area contributed by atoms with Gasteiger partial charge in [-0.25, -0.2) is 0 Å². The fourth-order valence-corrected chi connectivity index (χ4v) is 5.01. The minimum absolute atomic E-state index is 0.205. The summed E-state index contributed by atoms with van der Waals surface area (Å²) in [6, 6.07) is 18.8. The van der Waals surface area contributed by atoms with Gasteiger partial charge in [0.2, 0.25) is 5.91 Å². The number of likely N-dealkylation sites (tertiary alicyclic amines) is 2. The van der Waals surface area contributed by atoms with Crippen molar-refractivity contribution in [3.63, 3.8) is 0 Å². The number of carbonyl (C=O) groups is 1. The van der Waals surface area contributed by atoms with Gasteiger partial charge in [0, 0.05) is 30.6 Å². The summed E-state index contributed by atoms with van der Waals surface area (Å²) in [5.74, 6) is 1.31. The minimum Gasteiger partial charge on any atom is -0.342 e. The van der Waals surface area contributed by atoms with Crippen molar-refractivity contribution in [1.29, 1.82) is 0 Å². The first-order valence-corrected chi connectivity index (χ1v) is 11.3. The average molecular weight is 411 g/mol. The second-order valence-corrected chi connectivity index (χ2v) is 9.08. The van der Waals surface area contributed by atoms with E-state index in [1.54, 1.807) is 0 Å². The molecule has 0 saturated carbocycles. The number of benzene rings is 2. The molecule has 0 N–H and O–H groups in total. The largest absolute Gasteiger partial charge is 0.342 e. The molecule has 154 valence electrons. The summed E-state index contributed by atoms with van der Waals surface area (Å²) < 4.78 is 0. The van der Waals surface area contributed by atoms with Crippen molar-refractivity contribution in [3.8, 4) is 0 Å². The van der Waals surface area contributed by atoms with E-state index in [1.165, 1.54) is 11.1 Å². The normalized spacial score (nSPS) is 19.4. The summed E-state index contributed by atoms with van der Waals surface area (Å²) in [5.41, 5.74) is 2.67. The second kappa shape index (κ2) is 9.77. The van der Waals surface area contributed by atoms with Crippen LogP contribution in [0.5, 0.6) is 0 Å². The van der Waals surface area contributed by atoms with Gasteiger partial charge in [0.1, 0.15) is 0 Å². The van der Waals surface area contributed by atoms with Gasteiger partial charge < -0.3 is 4.90 Å². The molecule has 0 aromatic heterocycles. The summed E-state index contributed by atoms with van der Waals surface area (Å²) in [7, 11) is 0. The van der Waals surface area contributed by atoms with Crippen LogP contribution < -0.4 is 0 Å². The van der Waals surface area contributed by atoms with Gasteiger partial charge in [-0.3, -0.25) is 9.69 Å². The molecule has 2 saturated heterocycles. The van der Waals surface area contributed by atoms with Crippen molar-refractivity contribution in [2.24, 2.45) is 11.8 Å². The SMILES string of the molecule is O=C(C1CCN(Cc2cccc(Cl)c2)CC1)N1CCC(Cc2ccccc2)CC1. The third-order valence-corrected chi connectivity index (χ3v) is 6.76. The molecule has 2 aromatic rings. The molecule has 1 amide bonds. The fourth-order valence-electron chi connectivity index (χ4n) is 4.79. The van der Waals surface area contributed by atoms with Gasteiger partial charge in [0.15, 0.2) is 0 Å². The van der Waals surface area contributed by atoms with Crippen LogP contribution in [0, 0.1) is 11.8 Å². The Hall–Kier alpha value is -1.84. The zero-order valence-electron chi connectivity index (χ0n) is 17.1. The molecule has 3 nitrogen and oxygen atoms in total. The summed E-state index contributed by atoms with van der Waals surface area (Å²) in [4.78, 5) is 17.6. The van der Waals surface area contributed by atoms with Gasteiger partial charge in [0.05, 0.1) is 0 Å². The number of nitrogens with zero attached hydrogens (tertiary/aromatic N) is 2. The maximum Gasteiger partial charge on any atom is 0.225 e. The fraction of sp³-hybridized carbons (Fsp3) is 0.480. The maximum atomic E-state index is 13.0. The molecule has 2 aliphatic heterocycles. The Morgan fingerprint density at radius 2 is 1.55 bits per heavy atom. The van der Waals surface area contributed by atoms with E-state index in [1.807, 2.05) is 18.2 Å². The summed E-state index contributed by atoms with van der Waals surface area (Å²) >= 11 is 6.10. The lowest BCUT2D eigenvalue weighted by Crippen LogP contribution is -2.45. The Morgan fingerprint density at radius 3 is 2.24 bits per heavy atom. The van der Waals surface area contributed by atoms with E-state index in [0.717, 1.165) is 69.9 Å². The highest BCUT2D eigenvalue weighted by Gasteiger charge is 2.30. The standard InChI is InChI=1S/C25H31ClN2O/c26-24-8-4-7-22(18-24)19-27-13-11-23(12-14-27)25(29)28-15-9-21(10-16-28)17-20-5-2-1-3-6-20/h1-8,18,21,23H,9-17,19H2. The van der Waals surface area contributed by atoms with E-state index in [9.17, 15) is 4.79 Å². The van der Waals surface area contributed by atoms with Gasteiger partial charge in [0.25, 0.3) is 0 Å². The highest BCUT2D eigenvalue weighted by Crippen LogP contribution is 2.26. The van der Waals surface area contributed by atoms with Crippen LogP contribution in [0.25, 0.3) is 0 Å². The van der Waals surface area contributed by atoms with Crippen molar-refractivity contribution >= 4 is 17.5 Å². The highest BCUT2D eigenvalue weighted by atomic mass is 35.5. The lowest BCUT2D eigenvalue weighted by molar-refractivity contribution is -0.138.